The first-order valence-electron chi connectivity index (χ1n) is 6.55. The Morgan fingerprint density at radius 1 is 1.33 bits per heavy atom. The van der Waals surface area contributed by atoms with Gasteiger partial charge in [0.05, 0.1) is 13.2 Å². The van der Waals surface area contributed by atoms with Crippen LogP contribution in [0, 0.1) is 11.8 Å². The van der Waals surface area contributed by atoms with Gasteiger partial charge in [-0.15, -0.1) is 11.3 Å². The van der Waals surface area contributed by atoms with Crippen LogP contribution in [-0.4, -0.2) is 19.1 Å². The summed E-state index contributed by atoms with van der Waals surface area (Å²) in [4.78, 5) is 12.8. The van der Waals surface area contributed by atoms with Crippen LogP contribution in [0.4, 0.5) is 5.69 Å². The van der Waals surface area contributed by atoms with Crippen LogP contribution in [0.3, 0.4) is 0 Å². The van der Waals surface area contributed by atoms with E-state index in [2.05, 4.69) is 17.2 Å². The minimum atomic E-state index is -0.171. The minimum absolute atomic E-state index is 0.171. The summed E-state index contributed by atoms with van der Waals surface area (Å²) >= 11 is 1.36. The molecule has 1 heterocycles. The van der Waals surface area contributed by atoms with Crippen molar-refractivity contribution < 1.29 is 9.53 Å². The molecule has 5 heteroatoms. The fourth-order valence-electron chi connectivity index (χ4n) is 1.72. The molecule has 2 aromatic rings. The SMILES string of the molecule is CCOc1ccc(NC(=O)c2sccc2C#CCN)cc1. The molecule has 0 saturated carbocycles. The van der Waals surface area contributed by atoms with Gasteiger partial charge in [-0.1, -0.05) is 11.8 Å². The van der Waals surface area contributed by atoms with Crippen LogP contribution in [0.2, 0.25) is 0 Å². The maximum absolute atomic E-state index is 12.2. The van der Waals surface area contributed by atoms with Crippen molar-refractivity contribution in [2.45, 2.75) is 6.92 Å². The van der Waals surface area contributed by atoms with Crippen molar-refractivity contribution >= 4 is 22.9 Å². The number of hydrogen-bond acceptors (Lipinski definition) is 4. The first kappa shape index (κ1) is 15.1. The van der Waals surface area contributed by atoms with Gasteiger partial charge in [-0.2, -0.15) is 0 Å². The third-order valence-corrected chi connectivity index (χ3v) is 3.53. The van der Waals surface area contributed by atoms with Crippen molar-refractivity contribution in [2.24, 2.45) is 5.73 Å². The fraction of sp³-hybridized carbons (Fsp3) is 0.188. The summed E-state index contributed by atoms with van der Waals surface area (Å²) in [6.45, 7) is 2.82. The Kier molecular flexibility index (Phi) is 5.38. The van der Waals surface area contributed by atoms with Crippen LogP contribution in [0.15, 0.2) is 35.7 Å². The molecule has 1 aromatic carbocycles. The highest BCUT2D eigenvalue weighted by Crippen LogP contribution is 2.20. The first-order valence-corrected chi connectivity index (χ1v) is 7.43. The highest BCUT2D eigenvalue weighted by atomic mass is 32.1. The number of anilines is 1. The number of ether oxygens (including phenoxy) is 1. The van der Waals surface area contributed by atoms with Crippen LogP contribution < -0.4 is 15.8 Å². The predicted molar refractivity (Wildman–Crippen MR) is 85.8 cm³/mol. The van der Waals surface area contributed by atoms with Crippen molar-refractivity contribution in [3.63, 3.8) is 0 Å². The zero-order chi connectivity index (χ0) is 15.1. The van der Waals surface area contributed by atoms with Crippen LogP contribution in [0.25, 0.3) is 0 Å². The standard InChI is InChI=1S/C16H16N2O2S/c1-2-20-14-7-5-13(6-8-14)18-16(19)15-12(4-3-10-17)9-11-21-15/h5-9,11H,2,10,17H2,1H3,(H,18,19). The molecule has 0 unspecified atom stereocenters. The number of benzene rings is 1. The lowest BCUT2D eigenvalue weighted by Crippen LogP contribution is -2.11. The van der Waals surface area contributed by atoms with Gasteiger partial charge in [0.25, 0.3) is 5.91 Å². The molecule has 0 saturated heterocycles. The molecule has 4 nitrogen and oxygen atoms in total. The predicted octanol–water partition coefficient (Wildman–Crippen LogP) is 2.71. The maximum Gasteiger partial charge on any atom is 0.267 e. The number of carbonyl (C=O) groups excluding carboxylic acids is 1. The van der Waals surface area contributed by atoms with Crippen LogP contribution in [0.1, 0.15) is 22.2 Å². The summed E-state index contributed by atoms with van der Waals surface area (Å²) in [7, 11) is 0. The van der Waals surface area contributed by atoms with Gasteiger partial charge in [0.2, 0.25) is 0 Å². The van der Waals surface area contributed by atoms with E-state index in [0.29, 0.717) is 17.0 Å². The lowest BCUT2D eigenvalue weighted by atomic mass is 10.2. The van der Waals surface area contributed by atoms with Gasteiger partial charge < -0.3 is 15.8 Å². The van der Waals surface area contributed by atoms with Gasteiger partial charge >= 0.3 is 0 Å². The summed E-state index contributed by atoms with van der Waals surface area (Å²) in [5, 5.41) is 4.69. The summed E-state index contributed by atoms with van der Waals surface area (Å²) in [6.07, 6.45) is 0. The smallest absolute Gasteiger partial charge is 0.267 e. The van der Waals surface area contributed by atoms with Gasteiger partial charge in [-0.3, -0.25) is 4.79 Å². The Hall–Kier alpha value is -2.29. The van der Waals surface area contributed by atoms with E-state index in [4.69, 9.17) is 10.5 Å². The highest BCUT2D eigenvalue weighted by molar-refractivity contribution is 7.12. The molecular weight excluding hydrogens is 284 g/mol. The first-order chi connectivity index (χ1) is 10.2. The van der Waals surface area contributed by atoms with E-state index in [-0.39, 0.29) is 12.5 Å². The molecule has 21 heavy (non-hydrogen) atoms. The maximum atomic E-state index is 12.2. The van der Waals surface area contributed by atoms with Gasteiger partial charge in [-0.25, -0.2) is 0 Å². The second kappa shape index (κ2) is 7.48. The van der Waals surface area contributed by atoms with E-state index in [1.54, 1.807) is 0 Å². The topological polar surface area (TPSA) is 64.3 Å². The zero-order valence-electron chi connectivity index (χ0n) is 11.7. The van der Waals surface area contributed by atoms with Crippen LogP contribution in [0.5, 0.6) is 5.75 Å². The van der Waals surface area contributed by atoms with E-state index in [1.165, 1.54) is 11.3 Å². The molecule has 108 valence electrons. The van der Waals surface area contributed by atoms with Crippen molar-refractivity contribution in [1.82, 2.24) is 0 Å². The van der Waals surface area contributed by atoms with Gasteiger partial charge in [0, 0.05) is 11.3 Å². The summed E-state index contributed by atoms with van der Waals surface area (Å²) in [5.74, 6) is 6.27. The number of nitrogens with one attached hydrogen (secondary N) is 1. The van der Waals surface area contributed by atoms with Crippen molar-refractivity contribution in [3.05, 3.63) is 46.2 Å². The third kappa shape index (κ3) is 4.09. The molecule has 1 amide bonds. The molecule has 3 N–H and O–H groups in total. The number of nitrogens with two attached hydrogens (primary N) is 1. The average molecular weight is 300 g/mol. The minimum Gasteiger partial charge on any atom is -0.494 e. The van der Waals surface area contributed by atoms with E-state index < -0.39 is 0 Å². The molecule has 0 aliphatic carbocycles. The Balaban J connectivity index is 2.09. The fourth-order valence-corrected chi connectivity index (χ4v) is 2.46. The highest BCUT2D eigenvalue weighted by Gasteiger charge is 2.12. The summed E-state index contributed by atoms with van der Waals surface area (Å²) in [6, 6.07) is 9.08. The van der Waals surface area contributed by atoms with Crippen molar-refractivity contribution in [3.8, 4) is 17.6 Å². The van der Waals surface area contributed by atoms with E-state index in [1.807, 2.05) is 42.6 Å². The number of rotatable bonds is 4. The second-order valence-corrected chi connectivity index (χ2v) is 5.00. The van der Waals surface area contributed by atoms with Crippen molar-refractivity contribution in [1.29, 1.82) is 0 Å². The molecule has 1 aromatic heterocycles. The monoisotopic (exact) mass is 300 g/mol. The molecular formula is C16H16N2O2S. The quantitative estimate of drug-likeness (QED) is 0.853. The Labute approximate surface area is 127 Å². The normalized spacial score (nSPS) is 9.62. The number of carbonyl (C=O) groups is 1. The molecule has 0 spiro atoms. The van der Waals surface area contributed by atoms with Gasteiger partial charge in [0.1, 0.15) is 10.6 Å². The number of amides is 1. The van der Waals surface area contributed by atoms with E-state index in [0.717, 1.165) is 11.4 Å². The summed E-state index contributed by atoms with van der Waals surface area (Å²) in [5.41, 5.74) is 6.77. The molecule has 0 radical (unpaired) electrons. The average Bonchev–Trinajstić information content (AvgIpc) is 2.96. The molecule has 2 rings (SSSR count). The van der Waals surface area contributed by atoms with Gasteiger partial charge in [-0.05, 0) is 42.6 Å². The van der Waals surface area contributed by atoms with Crippen molar-refractivity contribution in [2.75, 3.05) is 18.5 Å². The largest absolute Gasteiger partial charge is 0.494 e. The summed E-state index contributed by atoms with van der Waals surface area (Å²) < 4.78 is 5.36. The molecule has 0 atom stereocenters. The van der Waals surface area contributed by atoms with Gasteiger partial charge in [0.15, 0.2) is 0 Å². The third-order valence-electron chi connectivity index (χ3n) is 2.62. The van der Waals surface area contributed by atoms with E-state index >= 15 is 0 Å². The lowest BCUT2D eigenvalue weighted by Gasteiger charge is -2.06. The molecule has 0 bridgehead atoms. The van der Waals surface area contributed by atoms with E-state index in [9.17, 15) is 4.79 Å². The molecule has 0 aliphatic rings. The lowest BCUT2D eigenvalue weighted by molar-refractivity contribution is 0.103. The number of thiophene rings is 1. The Bertz CT molecular complexity index is 666. The molecule has 0 fully saturated rings. The Morgan fingerprint density at radius 3 is 2.76 bits per heavy atom. The van der Waals surface area contributed by atoms with Crippen LogP contribution in [-0.2, 0) is 0 Å². The second-order valence-electron chi connectivity index (χ2n) is 4.08. The Morgan fingerprint density at radius 2 is 2.10 bits per heavy atom. The zero-order valence-corrected chi connectivity index (χ0v) is 12.5. The van der Waals surface area contributed by atoms with Crippen LogP contribution >= 0.6 is 11.3 Å². The number of hydrogen-bond donors (Lipinski definition) is 2. The molecule has 0 aliphatic heterocycles.